The number of hydrogen-bond acceptors (Lipinski definition) is 2. The van der Waals surface area contributed by atoms with Gasteiger partial charge in [0.15, 0.2) is 0 Å². The van der Waals surface area contributed by atoms with Crippen molar-refractivity contribution in [2.45, 2.75) is 19.5 Å². The third-order valence-electron chi connectivity index (χ3n) is 5.42. The summed E-state index contributed by atoms with van der Waals surface area (Å²) in [6, 6.07) is 32.3. The van der Waals surface area contributed by atoms with Gasteiger partial charge in [0.2, 0.25) is 5.91 Å². The van der Waals surface area contributed by atoms with Crippen LogP contribution in [0.15, 0.2) is 109 Å². The van der Waals surface area contributed by atoms with Gasteiger partial charge in [-0.25, -0.2) is 4.39 Å². The molecule has 0 aliphatic carbocycles. The van der Waals surface area contributed by atoms with Crippen molar-refractivity contribution in [2.24, 2.45) is 0 Å². The van der Waals surface area contributed by atoms with Crippen molar-refractivity contribution in [3.05, 3.63) is 137 Å². The molecule has 4 rings (SSSR count). The van der Waals surface area contributed by atoms with Crippen LogP contribution in [-0.2, 0) is 24.3 Å². The van der Waals surface area contributed by atoms with Crippen LogP contribution in [0.3, 0.4) is 0 Å². The van der Waals surface area contributed by atoms with E-state index in [-0.39, 0.29) is 23.8 Å². The predicted octanol–water partition coefficient (Wildman–Crippen LogP) is 5.53. The van der Waals surface area contributed by atoms with E-state index in [0.717, 1.165) is 16.7 Å². The molecule has 0 saturated carbocycles. The van der Waals surface area contributed by atoms with Gasteiger partial charge in [0.1, 0.15) is 5.82 Å². The molecule has 0 aliphatic heterocycles. The summed E-state index contributed by atoms with van der Waals surface area (Å²) in [5.74, 6) is -0.879. The van der Waals surface area contributed by atoms with Crippen molar-refractivity contribution >= 4 is 17.5 Å². The van der Waals surface area contributed by atoms with Crippen LogP contribution in [-0.4, -0.2) is 11.8 Å². The van der Waals surface area contributed by atoms with E-state index in [2.05, 4.69) is 5.32 Å². The van der Waals surface area contributed by atoms with Crippen LogP contribution in [0.2, 0.25) is 0 Å². The van der Waals surface area contributed by atoms with Crippen LogP contribution in [0, 0.1) is 5.82 Å². The van der Waals surface area contributed by atoms with Crippen LogP contribution >= 0.6 is 0 Å². The normalized spacial score (nSPS) is 10.5. The van der Waals surface area contributed by atoms with Gasteiger partial charge in [0.05, 0.1) is 13.0 Å². The van der Waals surface area contributed by atoms with E-state index in [1.54, 1.807) is 11.0 Å². The van der Waals surface area contributed by atoms with Gasteiger partial charge in [-0.15, -0.1) is 0 Å². The second-order valence-electron chi connectivity index (χ2n) is 8.00. The van der Waals surface area contributed by atoms with Crippen molar-refractivity contribution in [3.63, 3.8) is 0 Å². The minimum atomic E-state index is -0.464. The maximum Gasteiger partial charge on any atom is 0.258 e. The number of amides is 2. The quantitative estimate of drug-likeness (QED) is 0.382. The number of nitrogens with one attached hydrogen (secondary N) is 1. The molecular formula is C29H25FN2O2. The van der Waals surface area contributed by atoms with Crippen LogP contribution in [0.25, 0.3) is 0 Å². The predicted molar refractivity (Wildman–Crippen MR) is 132 cm³/mol. The highest BCUT2D eigenvalue weighted by atomic mass is 19.1. The zero-order valence-electron chi connectivity index (χ0n) is 18.7. The standard InChI is InChI=1S/C29H25FN2O2/c30-26-15-8-14-25(19-26)29(34)32(21-23-11-5-2-6-12-23)27-16-7-13-24(17-27)18-28(33)31-20-22-9-3-1-4-10-22/h1-17,19H,18,20-21H2,(H,31,33). The Morgan fingerprint density at radius 3 is 2.06 bits per heavy atom. The van der Waals surface area contributed by atoms with Crippen molar-refractivity contribution in [2.75, 3.05) is 4.90 Å². The van der Waals surface area contributed by atoms with Crippen molar-refractivity contribution in [1.82, 2.24) is 5.32 Å². The minimum Gasteiger partial charge on any atom is -0.352 e. The average molecular weight is 453 g/mol. The molecule has 4 nitrogen and oxygen atoms in total. The van der Waals surface area contributed by atoms with Crippen LogP contribution in [0.1, 0.15) is 27.0 Å². The van der Waals surface area contributed by atoms with Gasteiger partial charge in [-0.3, -0.25) is 9.59 Å². The fraction of sp³-hybridized carbons (Fsp3) is 0.103. The molecule has 2 amide bonds. The number of carbonyl (C=O) groups is 2. The van der Waals surface area contributed by atoms with Gasteiger partial charge in [0, 0.05) is 17.8 Å². The fourth-order valence-corrected chi connectivity index (χ4v) is 3.70. The van der Waals surface area contributed by atoms with Gasteiger partial charge in [0.25, 0.3) is 5.91 Å². The Morgan fingerprint density at radius 2 is 1.35 bits per heavy atom. The van der Waals surface area contributed by atoms with E-state index < -0.39 is 5.82 Å². The third kappa shape index (κ3) is 6.17. The topological polar surface area (TPSA) is 49.4 Å². The summed E-state index contributed by atoms with van der Waals surface area (Å²) >= 11 is 0. The molecule has 1 N–H and O–H groups in total. The summed E-state index contributed by atoms with van der Waals surface area (Å²) in [7, 11) is 0. The Morgan fingerprint density at radius 1 is 0.706 bits per heavy atom. The molecule has 0 aliphatic rings. The van der Waals surface area contributed by atoms with Crippen LogP contribution in [0.4, 0.5) is 10.1 Å². The molecule has 0 atom stereocenters. The maximum atomic E-state index is 13.8. The molecule has 5 heteroatoms. The van der Waals surface area contributed by atoms with Gasteiger partial charge >= 0.3 is 0 Å². The third-order valence-corrected chi connectivity index (χ3v) is 5.42. The molecule has 4 aromatic carbocycles. The molecule has 0 fully saturated rings. The summed E-state index contributed by atoms with van der Waals surface area (Å²) in [5.41, 5.74) is 3.67. The summed E-state index contributed by atoms with van der Waals surface area (Å²) in [6.45, 7) is 0.775. The molecule has 34 heavy (non-hydrogen) atoms. The number of rotatable bonds is 8. The number of hydrogen-bond donors (Lipinski definition) is 1. The number of carbonyl (C=O) groups excluding carboxylic acids is 2. The van der Waals surface area contributed by atoms with E-state index in [1.165, 1.54) is 18.2 Å². The second-order valence-corrected chi connectivity index (χ2v) is 8.00. The minimum absolute atomic E-state index is 0.105. The van der Waals surface area contributed by atoms with Gasteiger partial charge in [-0.2, -0.15) is 0 Å². The molecule has 4 aromatic rings. The van der Waals surface area contributed by atoms with Gasteiger partial charge < -0.3 is 10.2 Å². The number of halogens is 1. The molecule has 0 heterocycles. The first-order chi connectivity index (χ1) is 16.6. The smallest absolute Gasteiger partial charge is 0.258 e. The van der Waals surface area contributed by atoms with Crippen molar-refractivity contribution in [1.29, 1.82) is 0 Å². The molecule has 0 bridgehead atoms. The molecule has 0 spiro atoms. The lowest BCUT2D eigenvalue weighted by Crippen LogP contribution is -2.30. The van der Waals surface area contributed by atoms with Crippen molar-refractivity contribution in [3.8, 4) is 0 Å². The summed E-state index contributed by atoms with van der Waals surface area (Å²) in [4.78, 5) is 27.5. The zero-order chi connectivity index (χ0) is 23.8. The first-order valence-corrected chi connectivity index (χ1v) is 11.1. The molecule has 170 valence electrons. The zero-order valence-corrected chi connectivity index (χ0v) is 18.7. The van der Waals surface area contributed by atoms with E-state index in [4.69, 9.17) is 0 Å². The highest BCUT2D eigenvalue weighted by molar-refractivity contribution is 6.06. The first kappa shape index (κ1) is 22.9. The monoisotopic (exact) mass is 452 g/mol. The lowest BCUT2D eigenvalue weighted by molar-refractivity contribution is -0.120. The maximum absolute atomic E-state index is 13.8. The van der Waals surface area contributed by atoms with E-state index in [9.17, 15) is 14.0 Å². The molecule has 0 unspecified atom stereocenters. The lowest BCUT2D eigenvalue weighted by Gasteiger charge is -2.24. The summed E-state index contributed by atoms with van der Waals surface area (Å²) < 4.78 is 13.8. The summed E-state index contributed by atoms with van der Waals surface area (Å²) in [6.07, 6.45) is 0.188. The summed E-state index contributed by atoms with van der Waals surface area (Å²) in [5, 5.41) is 2.93. The second kappa shape index (κ2) is 11.1. The van der Waals surface area contributed by atoms with Crippen LogP contribution < -0.4 is 10.2 Å². The molecule has 0 saturated heterocycles. The van der Waals surface area contributed by atoms with E-state index >= 15 is 0 Å². The Labute approximate surface area is 198 Å². The average Bonchev–Trinajstić information content (AvgIpc) is 2.87. The van der Waals surface area contributed by atoms with Gasteiger partial charge in [-0.05, 0) is 47.0 Å². The molecular weight excluding hydrogens is 427 g/mol. The van der Waals surface area contributed by atoms with Crippen molar-refractivity contribution < 1.29 is 14.0 Å². The first-order valence-electron chi connectivity index (χ1n) is 11.1. The van der Waals surface area contributed by atoms with E-state index in [0.29, 0.717) is 18.8 Å². The van der Waals surface area contributed by atoms with Gasteiger partial charge in [-0.1, -0.05) is 78.9 Å². The molecule has 0 aromatic heterocycles. The molecule has 0 radical (unpaired) electrons. The Bertz CT molecular complexity index is 1260. The lowest BCUT2D eigenvalue weighted by atomic mass is 10.1. The Hall–Kier alpha value is -4.25. The number of nitrogens with zero attached hydrogens (tertiary/aromatic N) is 1. The highest BCUT2D eigenvalue weighted by Gasteiger charge is 2.19. The fourth-order valence-electron chi connectivity index (χ4n) is 3.70. The van der Waals surface area contributed by atoms with Crippen LogP contribution in [0.5, 0.6) is 0 Å². The van der Waals surface area contributed by atoms with E-state index in [1.807, 2.05) is 84.9 Å². The SMILES string of the molecule is O=C(Cc1cccc(N(Cc2ccccc2)C(=O)c2cccc(F)c2)c1)NCc1ccccc1. The Balaban J connectivity index is 1.54. The Kier molecular flexibility index (Phi) is 7.45. The number of benzene rings is 4. The highest BCUT2D eigenvalue weighted by Crippen LogP contribution is 2.22. The largest absolute Gasteiger partial charge is 0.352 e. The number of anilines is 1.